The largest absolute Gasteiger partial charge is 0.356 e. The number of rotatable bonds is 8. The first-order chi connectivity index (χ1) is 13.1. The summed E-state index contributed by atoms with van der Waals surface area (Å²) in [7, 11) is 0. The number of carbonyl (C=O) groups excluding carboxylic acids is 1. The van der Waals surface area contributed by atoms with Crippen molar-refractivity contribution in [2.75, 3.05) is 12.8 Å². The highest BCUT2D eigenvalue weighted by Gasteiger charge is 2.10. The van der Waals surface area contributed by atoms with Gasteiger partial charge in [-0.1, -0.05) is 30.0 Å². The van der Waals surface area contributed by atoms with Gasteiger partial charge in [0.1, 0.15) is 0 Å². The van der Waals surface area contributed by atoms with Crippen LogP contribution in [0.5, 0.6) is 0 Å². The van der Waals surface area contributed by atoms with E-state index >= 15 is 0 Å². The van der Waals surface area contributed by atoms with Gasteiger partial charge in [-0.05, 0) is 56.0 Å². The first-order valence-electron chi connectivity index (χ1n) is 9.27. The van der Waals surface area contributed by atoms with Crippen LogP contribution in [0.25, 0.3) is 10.9 Å². The minimum atomic E-state index is 0.0834. The molecule has 0 saturated heterocycles. The molecule has 0 atom stereocenters. The molecule has 0 fully saturated rings. The standard InChI is InChI=1S/C21H26N4OS/c1-15-18(16(2)24-21(23-15)27-3)9-10-20(26)22-12-6-13-25-14-11-17-7-4-5-8-19(17)25/h4-5,7-8,11,14H,6,9-10,12-13H2,1-3H3,(H,22,26). The van der Waals surface area contributed by atoms with Gasteiger partial charge in [0.15, 0.2) is 5.16 Å². The lowest BCUT2D eigenvalue weighted by Gasteiger charge is -2.10. The predicted octanol–water partition coefficient (Wildman–Crippen LogP) is 3.91. The van der Waals surface area contributed by atoms with E-state index in [1.54, 1.807) is 0 Å². The highest BCUT2D eigenvalue weighted by Crippen LogP contribution is 2.17. The second-order valence-corrected chi connectivity index (χ2v) is 7.40. The monoisotopic (exact) mass is 382 g/mol. The number of nitrogens with zero attached hydrogens (tertiary/aromatic N) is 3. The number of nitrogens with one attached hydrogen (secondary N) is 1. The summed E-state index contributed by atoms with van der Waals surface area (Å²) in [6.45, 7) is 5.56. The van der Waals surface area contributed by atoms with E-state index in [9.17, 15) is 4.79 Å². The summed E-state index contributed by atoms with van der Waals surface area (Å²) in [4.78, 5) is 21.1. The van der Waals surface area contributed by atoms with Gasteiger partial charge in [0, 0.05) is 42.6 Å². The van der Waals surface area contributed by atoms with Crippen molar-refractivity contribution in [1.29, 1.82) is 0 Å². The van der Waals surface area contributed by atoms with Crippen molar-refractivity contribution in [2.45, 2.75) is 44.8 Å². The summed E-state index contributed by atoms with van der Waals surface area (Å²) in [5.41, 5.74) is 4.27. The SMILES string of the molecule is CSc1nc(C)c(CCC(=O)NCCCn2ccc3ccccc32)c(C)n1. The van der Waals surface area contributed by atoms with E-state index in [-0.39, 0.29) is 5.91 Å². The fraction of sp³-hybridized carbons (Fsp3) is 0.381. The molecule has 3 rings (SSSR count). The quantitative estimate of drug-likeness (QED) is 0.365. The summed E-state index contributed by atoms with van der Waals surface area (Å²) in [6.07, 6.45) is 6.14. The molecule has 27 heavy (non-hydrogen) atoms. The van der Waals surface area contributed by atoms with Crippen LogP contribution in [-0.2, 0) is 17.8 Å². The zero-order valence-electron chi connectivity index (χ0n) is 16.2. The molecule has 0 spiro atoms. The van der Waals surface area contributed by atoms with Crippen molar-refractivity contribution in [3.63, 3.8) is 0 Å². The topological polar surface area (TPSA) is 59.8 Å². The third-order valence-corrected chi connectivity index (χ3v) is 5.31. The van der Waals surface area contributed by atoms with Crippen LogP contribution in [0.1, 0.15) is 29.8 Å². The van der Waals surface area contributed by atoms with Gasteiger partial charge in [-0.25, -0.2) is 9.97 Å². The van der Waals surface area contributed by atoms with Crippen molar-refractivity contribution in [1.82, 2.24) is 19.9 Å². The van der Waals surface area contributed by atoms with Crippen LogP contribution in [0, 0.1) is 13.8 Å². The molecule has 0 radical (unpaired) electrons. The molecule has 0 bridgehead atoms. The Balaban J connectivity index is 1.44. The maximum atomic E-state index is 12.2. The second kappa shape index (κ2) is 9.04. The summed E-state index contributed by atoms with van der Waals surface area (Å²) in [5.74, 6) is 0.0834. The third-order valence-electron chi connectivity index (χ3n) is 4.76. The van der Waals surface area contributed by atoms with Gasteiger partial charge >= 0.3 is 0 Å². The Labute approximate surface area is 164 Å². The van der Waals surface area contributed by atoms with Gasteiger partial charge in [0.05, 0.1) is 0 Å². The summed E-state index contributed by atoms with van der Waals surface area (Å²) in [5, 5.41) is 5.07. The Morgan fingerprint density at radius 3 is 2.63 bits per heavy atom. The molecule has 1 aromatic carbocycles. The lowest BCUT2D eigenvalue weighted by molar-refractivity contribution is -0.121. The molecule has 0 saturated carbocycles. The average Bonchev–Trinajstić information content (AvgIpc) is 3.07. The summed E-state index contributed by atoms with van der Waals surface area (Å²) >= 11 is 1.54. The van der Waals surface area contributed by atoms with Crippen molar-refractivity contribution in [2.24, 2.45) is 0 Å². The Morgan fingerprint density at radius 2 is 1.89 bits per heavy atom. The Morgan fingerprint density at radius 1 is 1.15 bits per heavy atom. The van der Waals surface area contributed by atoms with E-state index in [0.717, 1.165) is 35.1 Å². The van der Waals surface area contributed by atoms with Crippen LogP contribution >= 0.6 is 11.8 Å². The van der Waals surface area contributed by atoms with Gasteiger partial charge in [-0.15, -0.1) is 0 Å². The minimum Gasteiger partial charge on any atom is -0.356 e. The van der Waals surface area contributed by atoms with Crippen LogP contribution < -0.4 is 5.32 Å². The Bertz CT molecular complexity index is 912. The van der Waals surface area contributed by atoms with Crippen molar-refractivity contribution in [3.8, 4) is 0 Å². The number of hydrogen-bond donors (Lipinski definition) is 1. The zero-order chi connectivity index (χ0) is 19.2. The van der Waals surface area contributed by atoms with E-state index < -0.39 is 0 Å². The van der Waals surface area contributed by atoms with E-state index in [0.29, 0.717) is 19.4 Å². The molecule has 0 aliphatic heterocycles. The molecular weight excluding hydrogens is 356 g/mol. The fourth-order valence-corrected chi connectivity index (χ4v) is 3.76. The fourth-order valence-electron chi connectivity index (χ4n) is 3.30. The lowest BCUT2D eigenvalue weighted by Crippen LogP contribution is -2.25. The number of para-hydroxylation sites is 1. The maximum Gasteiger partial charge on any atom is 0.220 e. The van der Waals surface area contributed by atoms with E-state index in [1.165, 1.54) is 22.7 Å². The van der Waals surface area contributed by atoms with Gasteiger partial charge in [0.25, 0.3) is 0 Å². The number of carbonyl (C=O) groups is 1. The molecule has 1 amide bonds. The van der Waals surface area contributed by atoms with Crippen LogP contribution in [0.4, 0.5) is 0 Å². The van der Waals surface area contributed by atoms with Gasteiger partial charge < -0.3 is 9.88 Å². The molecular formula is C21H26N4OS. The average molecular weight is 383 g/mol. The number of thioether (sulfide) groups is 1. The Hall–Kier alpha value is -2.34. The minimum absolute atomic E-state index is 0.0834. The molecule has 5 nitrogen and oxygen atoms in total. The van der Waals surface area contributed by atoms with Crippen LogP contribution in [0.15, 0.2) is 41.7 Å². The Kier molecular flexibility index (Phi) is 6.50. The van der Waals surface area contributed by atoms with Crippen LogP contribution in [-0.4, -0.2) is 33.2 Å². The van der Waals surface area contributed by atoms with Crippen LogP contribution in [0.2, 0.25) is 0 Å². The molecule has 6 heteroatoms. The number of amides is 1. The van der Waals surface area contributed by atoms with Crippen LogP contribution in [0.3, 0.4) is 0 Å². The smallest absolute Gasteiger partial charge is 0.220 e. The number of aromatic nitrogens is 3. The van der Waals surface area contributed by atoms with Gasteiger partial charge in [-0.2, -0.15) is 0 Å². The normalized spacial score (nSPS) is 11.1. The number of hydrogen-bond acceptors (Lipinski definition) is 4. The molecule has 2 heterocycles. The summed E-state index contributed by atoms with van der Waals surface area (Å²) < 4.78 is 2.23. The van der Waals surface area contributed by atoms with Gasteiger partial charge in [-0.3, -0.25) is 4.79 Å². The molecule has 142 valence electrons. The molecule has 3 aromatic rings. The predicted molar refractivity (Wildman–Crippen MR) is 111 cm³/mol. The molecule has 0 aliphatic rings. The molecule has 0 aliphatic carbocycles. The highest BCUT2D eigenvalue weighted by atomic mass is 32.2. The number of fused-ring (bicyclic) bond motifs is 1. The molecule has 0 unspecified atom stereocenters. The summed E-state index contributed by atoms with van der Waals surface area (Å²) in [6, 6.07) is 10.5. The van der Waals surface area contributed by atoms with Crippen molar-refractivity contribution in [3.05, 3.63) is 53.5 Å². The van der Waals surface area contributed by atoms with E-state index in [2.05, 4.69) is 56.4 Å². The van der Waals surface area contributed by atoms with Crippen molar-refractivity contribution >= 4 is 28.6 Å². The zero-order valence-corrected chi connectivity index (χ0v) is 17.0. The first kappa shape index (κ1) is 19.4. The van der Waals surface area contributed by atoms with E-state index in [4.69, 9.17) is 0 Å². The third kappa shape index (κ3) is 4.89. The maximum absolute atomic E-state index is 12.2. The van der Waals surface area contributed by atoms with E-state index in [1.807, 2.05) is 20.1 Å². The number of benzene rings is 1. The second-order valence-electron chi connectivity index (χ2n) is 6.63. The van der Waals surface area contributed by atoms with Crippen molar-refractivity contribution < 1.29 is 4.79 Å². The lowest BCUT2D eigenvalue weighted by atomic mass is 10.1. The van der Waals surface area contributed by atoms with Gasteiger partial charge in [0.2, 0.25) is 5.91 Å². The highest BCUT2D eigenvalue weighted by molar-refractivity contribution is 7.98. The molecule has 1 N–H and O–H groups in total. The first-order valence-corrected chi connectivity index (χ1v) is 10.5. The molecule has 2 aromatic heterocycles. The number of aryl methyl sites for hydroxylation is 3.